The number of carboxylic acids is 3. The zero-order valence-electron chi connectivity index (χ0n) is 8.89. The number of esters is 1. The zero-order valence-corrected chi connectivity index (χ0v) is 8.89. The molecule has 0 rings (SSSR count). The Bertz CT molecular complexity index is 430. The van der Waals surface area contributed by atoms with Crippen molar-refractivity contribution < 1.29 is 49.1 Å². The molecule has 8 N–H and O–H groups in total. The number of carbonyl (C=O) groups is 5. The molecular formula is C7H8N2O10. The predicted molar refractivity (Wildman–Crippen MR) is 50.6 cm³/mol. The molecule has 0 aliphatic rings. The molecule has 0 aromatic carbocycles. The normalized spacial score (nSPS) is 11.5. The van der Waals surface area contributed by atoms with Crippen LogP contribution in [-0.4, -0.2) is 56.1 Å². The Hall–Kier alpha value is -2.73. The Morgan fingerprint density at radius 1 is 0.789 bits per heavy atom. The van der Waals surface area contributed by atoms with Gasteiger partial charge in [-0.2, -0.15) is 0 Å². The minimum absolute atomic E-state index is 2.26. The minimum Gasteiger partial charge on any atom is -0.480 e. The lowest BCUT2D eigenvalue weighted by atomic mass is 9.75. The molecule has 106 valence electrons. The van der Waals surface area contributed by atoms with Crippen molar-refractivity contribution in [3.63, 3.8) is 0 Å². The van der Waals surface area contributed by atoms with Gasteiger partial charge in [-0.25, -0.2) is 9.59 Å². The Labute approximate surface area is 103 Å². The first kappa shape index (κ1) is 16.3. The first-order chi connectivity index (χ1) is 8.42. The number of aliphatic carboxylic acids is 3. The van der Waals surface area contributed by atoms with Gasteiger partial charge < -0.3 is 36.6 Å². The van der Waals surface area contributed by atoms with Crippen LogP contribution in [0.25, 0.3) is 0 Å². The first-order valence-electron chi connectivity index (χ1n) is 4.15. The number of hydrogen-bond donors (Lipinski definition) is 6. The van der Waals surface area contributed by atoms with Gasteiger partial charge in [-0.3, -0.25) is 14.4 Å². The van der Waals surface area contributed by atoms with Crippen LogP contribution in [0.3, 0.4) is 0 Å². The molecule has 0 bridgehead atoms. The van der Waals surface area contributed by atoms with Gasteiger partial charge in [0.1, 0.15) is 0 Å². The van der Waals surface area contributed by atoms with Gasteiger partial charge in [0.15, 0.2) is 0 Å². The van der Waals surface area contributed by atoms with E-state index >= 15 is 0 Å². The maximum atomic E-state index is 11.2. The molecule has 0 radical (unpaired) electrons. The smallest absolute Gasteiger partial charge is 0.480 e. The molecule has 0 heterocycles. The van der Waals surface area contributed by atoms with Crippen LogP contribution in [-0.2, 0) is 23.9 Å². The maximum absolute atomic E-state index is 11.2. The molecule has 0 unspecified atom stereocenters. The number of ether oxygens (including phenoxy) is 1. The lowest BCUT2D eigenvalue weighted by Crippen LogP contribution is -2.76. The minimum atomic E-state index is -4.03. The molecule has 0 aliphatic heterocycles. The van der Waals surface area contributed by atoms with E-state index in [1.54, 1.807) is 0 Å². The topological polar surface area (TPSA) is 228 Å². The number of nitrogens with two attached hydrogens (primary N) is 2. The van der Waals surface area contributed by atoms with Crippen LogP contribution < -0.4 is 11.5 Å². The van der Waals surface area contributed by atoms with Gasteiger partial charge in [0, 0.05) is 0 Å². The lowest BCUT2D eigenvalue weighted by molar-refractivity contribution is -0.187. The van der Waals surface area contributed by atoms with Crippen molar-refractivity contribution in [1.29, 1.82) is 0 Å². The molecule has 12 nitrogen and oxygen atoms in total. The van der Waals surface area contributed by atoms with Crippen molar-refractivity contribution in [2.45, 2.75) is 5.66 Å². The monoisotopic (exact) mass is 280 g/mol. The summed E-state index contributed by atoms with van der Waals surface area (Å²) < 4.78 is 3.41. The van der Waals surface area contributed by atoms with E-state index in [4.69, 9.17) is 31.9 Å². The summed E-state index contributed by atoms with van der Waals surface area (Å²) in [6.45, 7) is 0. The van der Waals surface area contributed by atoms with Crippen LogP contribution in [0.4, 0.5) is 4.79 Å². The fraction of sp³-hybridized carbons (Fsp3) is 0.286. The third-order valence-corrected chi connectivity index (χ3v) is 2.10. The number of carboxylic acid groups (broad SMARTS) is 4. The van der Waals surface area contributed by atoms with Gasteiger partial charge in [-0.1, -0.05) is 0 Å². The quantitative estimate of drug-likeness (QED) is 0.169. The van der Waals surface area contributed by atoms with E-state index in [0.717, 1.165) is 0 Å². The third-order valence-electron chi connectivity index (χ3n) is 2.10. The first-order valence-corrected chi connectivity index (χ1v) is 4.15. The molecule has 0 amide bonds. The van der Waals surface area contributed by atoms with E-state index in [1.165, 1.54) is 0 Å². The van der Waals surface area contributed by atoms with Crippen molar-refractivity contribution in [2.24, 2.45) is 16.9 Å². The number of carbonyl (C=O) groups excluding carboxylic acids is 1. The van der Waals surface area contributed by atoms with Crippen molar-refractivity contribution in [2.75, 3.05) is 0 Å². The van der Waals surface area contributed by atoms with Crippen LogP contribution in [0.15, 0.2) is 0 Å². The van der Waals surface area contributed by atoms with Crippen molar-refractivity contribution in [3.8, 4) is 0 Å². The second kappa shape index (κ2) is 4.87. The summed E-state index contributed by atoms with van der Waals surface area (Å²) in [7, 11) is 0. The molecule has 0 saturated heterocycles. The average molecular weight is 280 g/mol. The summed E-state index contributed by atoms with van der Waals surface area (Å²) in [5.41, 5.74) is 2.08. The SMILES string of the molecule is NC(N)(C(=O)OC(=O)O)C(C(=O)O)(C(=O)O)C(=O)O. The molecule has 0 atom stereocenters. The number of hydrogen-bond acceptors (Lipinski definition) is 8. The third kappa shape index (κ3) is 2.29. The van der Waals surface area contributed by atoms with Crippen molar-refractivity contribution >= 4 is 30.0 Å². The van der Waals surface area contributed by atoms with E-state index in [0.29, 0.717) is 0 Å². The van der Waals surface area contributed by atoms with Gasteiger partial charge in [0.2, 0.25) is 5.66 Å². The fourth-order valence-corrected chi connectivity index (χ4v) is 1.12. The van der Waals surface area contributed by atoms with Crippen molar-refractivity contribution in [1.82, 2.24) is 0 Å². The van der Waals surface area contributed by atoms with E-state index in [2.05, 4.69) is 4.74 Å². The van der Waals surface area contributed by atoms with Gasteiger partial charge in [0.25, 0.3) is 0 Å². The highest BCUT2D eigenvalue weighted by Crippen LogP contribution is 2.29. The average Bonchev–Trinajstić information content (AvgIpc) is 2.13. The predicted octanol–water partition coefficient (Wildman–Crippen LogP) is -2.94. The van der Waals surface area contributed by atoms with E-state index in [1.807, 2.05) is 0 Å². The van der Waals surface area contributed by atoms with E-state index < -0.39 is 41.1 Å². The molecule has 0 aromatic rings. The molecule has 0 aromatic heterocycles. The summed E-state index contributed by atoms with van der Waals surface area (Å²) in [4.78, 5) is 53.9. The second-order valence-corrected chi connectivity index (χ2v) is 3.19. The highest BCUT2D eigenvalue weighted by Gasteiger charge is 2.70. The lowest BCUT2D eigenvalue weighted by Gasteiger charge is -2.32. The van der Waals surface area contributed by atoms with Gasteiger partial charge in [-0.15, -0.1) is 0 Å². The Balaban J connectivity index is 6.07. The summed E-state index contributed by atoms with van der Waals surface area (Å²) in [6, 6.07) is 0. The summed E-state index contributed by atoms with van der Waals surface area (Å²) in [5.74, 6) is -10.0. The molecular weight excluding hydrogens is 272 g/mol. The fourth-order valence-electron chi connectivity index (χ4n) is 1.12. The van der Waals surface area contributed by atoms with Gasteiger partial charge in [-0.05, 0) is 0 Å². The molecule has 0 spiro atoms. The van der Waals surface area contributed by atoms with Gasteiger partial charge in [0.05, 0.1) is 0 Å². The summed E-state index contributed by atoms with van der Waals surface area (Å²) in [5, 5.41) is 34.3. The standard InChI is InChI=1S/C7H8N2O10/c8-7(9,4(16)19-5(17)18)6(1(10)11,2(12)13)3(14)15/h8-9H2,(H,10,11)(H,12,13)(H,14,15)(H,17,18). The zero-order chi connectivity index (χ0) is 15.6. The summed E-state index contributed by atoms with van der Waals surface area (Å²) >= 11 is 0. The van der Waals surface area contributed by atoms with E-state index in [-0.39, 0.29) is 0 Å². The molecule has 19 heavy (non-hydrogen) atoms. The maximum Gasteiger partial charge on any atom is 0.513 e. The Kier molecular flexibility index (Phi) is 4.17. The van der Waals surface area contributed by atoms with Crippen LogP contribution >= 0.6 is 0 Å². The van der Waals surface area contributed by atoms with Crippen LogP contribution in [0.1, 0.15) is 0 Å². The highest BCUT2D eigenvalue weighted by atomic mass is 16.7. The Morgan fingerprint density at radius 3 is 1.32 bits per heavy atom. The second-order valence-electron chi connectivity index (χ2n) is 3.19. The van der Waals surface area contributed by atoms with E-state index in [9.17, 15) is 24.0 Å². The number of rotatable bonds is 5. The van der Waals surface area contributed by atoms with Crippen LogP contribution in [0.5, 0.6) is 0 Å². The molecule has 0 saturated carbocycles. The highest BCUT2D eigenvalue weighted by molar-refractivity contribution is 6.21. The summed E-state index contributed by atoms with van der Waals surface area (Å²) in [6.07, 6.45) is -2.28. The van der Waals surface area contributed by atoms with Crippen LogP contribution in [0, 0.1) is 5.41 Å². The largest absolute Gasteiger partial charge is 0.513 e. The van der Waals surface area contributed by atoms with Crippen molar-refractivity contribution in [3.05, 3.63) is 0 Å². The molecule has 12 heteroatoms. The molecule has 0 fully saturated rings. The molecule has 0 aliphatic carbocycles. The van der Waals surface area contributed by atoms with Crippen LogP contribution in [0.2, 0.25) is 0 Å². The Morgan fingerprint density at radius 2 is 1.11 bits per heavy atom. The van der Waals surface area contributed by atoms with Gasteiger partial charge >= 0.3 is 35.4 Å².